The minimum atomic E-state index is -0.447. The van der Waals surface area contributed by atoms with E-state index in [1.807, 2.05) is 25.7 Å². The van der Waals surface area contributed by atoms with Crippen LogP contribution < -0.4 is 5.32 Å². The van der Waals surface area contributed by atoms with Gasteiger partial charge in [-0.05, 0) is 57.6 Å². The Labute approximate surface area is 138 Å². The van der Waals surface area contributed by atoms with Crippen molar-refractivity contribution in [2.45, 2.75) is 57.7 Å². The molecule has 1 aromatic rings. The first-order chi connectivity index (χ1) is 10.9. The van der Waals surface area contributed by atoms with E-state index in [4.69, 9.17) is 4.74 Å². The smallest absolute Gasteiger partial charge is 0.410 e. The van der Waals surface area contributed by atoms with E-state index in [0.29, 0.717) is 12.0 Å². The number of nitrogens with zero attached hydrogens (tertiary/aromatic N) is 1. The Hall–Kier alpha value is -1.71. The fourth-order valence-electron chi connectivity index (χ4n) is 4.21. The van der Waals surface area contributed by atoms with Gasteiger partial charge in [-0.25, -0.2) is 4.79 Å². The van der Waals surface area contributed by atoms with Crippen LogP contribution in [0.4, 0.5) is 10.5 Å². The van der Waals surface area contributed by atoms with Crippen molar-refractivity contribution in [2.24, 2.45) is 11.8 Å². The van der Waals surface area contributed by atoms with Gasteiger partial charge >= 0.3 is 6.09 Å². The van der Waals surface area contributed by atoms with Crippen molar-refractivity contribution >= 4 is 11.8 Å². The first-order valence-electron chi connectivity index (χ1n) is 8.79. The van der Waals surface area contributed by atoms with E-state index in [1.54, 1.807) is 0 Å². The lowest BCUT2D eigenvalue weighted by atomic mass is 9.81. The van der Waals surface area contributed by atoms with Crippen LogP contribution in [0.25, 0.3) is 0 Å². The summed E-state index contributed by atoms with van der Waals surface area (Å²) in [6.07, 6.45) is 3.52. The molecule has 4 rings (SSSR count). The van der Waals surface area contributed by atoms with Gasteiger partial charge in [-0.3, -0.25) is 0 Å². The van der Waals surface area contributed by atoms with Gasteiger partial charge in [0.05, 0.1) is 6.04 Å². The van der Waals surface area contributed by atoms with E-state index < -0.39 is 5.60 Å². The molecule has 2 fully saturated rings. The Morgan fingerprint density at radius 2 is 1.96 bits per heavy atom. The van der Waals surface area contributed by atoms with E-state index in [1.165, 1.54) is 24.1 Å². The van der Waals surface area contributed by atoms with Crippen molar-refractivity contribution in [1.29, 1.82) is 0 Å². The molecule has 1 saturated heterocycles. The summed E-state index contributed by atoms with van der Waals surface area (Å²) in [6.45, 7) is 6.59. The van der Waals surface area contributed by atoms with Crippen LogP contribution >= 0.6 is 0 Å². The summed E-state index contributed by atoms with van der Waals surface area (Å²) in [5.74, 6) is 1.28. The quantitative estimate of drug-likeness (QED) is 0.845. The summed E-state index contributed by atoms with van der Waals surface area (Å²) in [7, 11) is 0. The Balaban J connectivity index is 1.66. The fraction of sp³-hybridized carbons (Fsp3) is 0.632. The normalized spacial score (nSPS) is 29.5. The molecule has 1 saturated carbocycles. The minimum Gasteiger partial charge on any atom is -0.444 e. The third-order valence-corrected chi connectivity index (χ3v) is 5.27. The van der Waals surface area contributed by atoms with Gasteiger partial charge in [-0.15, -0.1) is 0 Å². The lowest BCUT2D eigenvalue weighted by Crippen LogP contribution is -2.43. The first-order valence-corrected chi connectivity index (χ1v) is 8.79. The van der Waals surface area contributed by atoms with Crippen LogP contribution in [0.5, 0.6) is 0 Å². The van der Waals surface area contributed by atoms with Crippen molar-refractivity contribution < 1.29 is 9.53 Å². The number of ether oxygens (including phenoxy) is 1. The van der Waals surface area contributed by atoms with Gasteiger partial charge in [0.25, 0.3) is 0 Å². The highest BCUT2D eigenvalue weighted by atomic mass is 16.6. The summed E-state index contributed by atoms with van der Waals surface area (Å²) >= 11 is 0. The molecule has 0 radical (unpaired) electrons. The van der Waals surface area contributed by atoms with Crippen molar-refractivity contribution in [3.8, 4) is 0 Å². The van der Waals surface area contributed by atoms with Gasteiger partial charge in [-0.1, -0.05) is 18.2 Å². The molecule has 0 bridgehead atoms. The average Bonchev–Trinajstić information content (AvgIpc) is 3.22. The molecular weight excluding hydrogens is 288 g/mol. The zero-order valence-corrected chi connectivity index (χ0v) is 14.2. The fourth-order valence-corrected chi connectivity index (χ4v) is 4.21. The summed E-state index contributed by atoms with van der Waals surface area (Å²) in [5, 5.41) is 3.76. The van der Waals surface area contributed by atoms with Gasteiger partial charge in [0.1, 0.15) is 5.60 Å². The van der Waals surface area contributed by atoms with E-state index in [0.717, 1.165) is 18.9 Å². The van der Waals surface area contributed by atoms with Crippen molar-refractivity contribution in [2.75, 3.05) is 11.9 Å². The predicted molar refractivity (Wildman–Crippen MR) is 90.4 cm³/mol. The highest BCUT2D eigenvalue weighted by Gasteiger charge is 2.50. The number of hydrogen-bond acceptors (Lipinski definition) is 3. The summed E-state index contributed by atoms with van der Waals surface area (Å²) in [4.78, 5) is 14.7. The summed E-state index contributed by atoms with van der Waals surface area (Å²) in [5.41, 5.74) is 2.00. The second-order valence-corrected chi connectivity index (χ2v) is 8.17. The second-order valence-electron chi connectivity index (χ2n) is 8.17. The van der Waals surface area contributed by atoms with E-state index in [9.17, 15) is 4.79 Å². The molecule has 3 aliphatic rings. The molecule has 23 heavy (non-hydrogen) atoms. The molecule has 2 heterocycles. The van der Waals surface area contributed by atoms with Crippen molar-refractivity contribution in [3.05, 3.63) is 29.8 Å². The monoisotopic (exact) mass is 314 g/mol. The zero-order chi connectivity index (χ0) is 16.2. The number of fused-ring (bicyclic) bond motifs is 3. The Morgan fingerprint density at radius 1 is 1.22 bits per heavy atom. The maximum Gasteiger partial charge on any atom is 0.410 e. The number of hydrogen-bond donors (Lipinski definition) is 1. The van der Waals surface area contributed by atoms with Gasteiger partial charge in [0, 0.05) is 24.2 Å². The standard InChI is InChI=1S/C19H26N2O2/c1-19(2,3)23-18(22)21-11-10-14-16(12-8-9-12)20-15-7-5-4-6-13(15)17(14)21/h4-7,12,14,16-17,20H,8-11H2,1-3H3/t14-,16+,17+/m1/s1. The molecule has 2 aliphatic heterocycles. The first kappa shape index (κ1) is 14.9. The largest absolute Gasteiger partial charge is 0.444 e. The van der Waals surface area contributed by atoms with Crippen LogP contribution in [0, 0.1) is 11.8 Å². The lowest BCUT2D eigenvalue weighted by Gasteiger charge is -2.40. The third-order valence-electron chi connectivity index (χ3n) is 5.27. The van der Waals surface area contributed by atoms with E-state index >= 15 is 0 Å². The SMILES string of the molecule is CC(C)(C)OC(=O)N1CC[C@@H]2[C@H](C3CC3)Nc3ccccc3[C@@H]21. The van der Waals surface area contributed by atoms with E-state index in [2.05, 4.69) is 29.6 Å². The van der Waals surface area contributed by atoms with Crippen LogP contribution in [0.2, 0.25) is 0 Å². The number of anilines is 1. The molecule has 4 heteroatoms. The lowest BCUT2D eigenvalue weighted by molar-refractivity contribution is 0.0196. The Morgan fingerprint density at radius 3 is 2.65 bits per heavy atom. The number of benzene rings is 1. The maximum absolute atomic E-state index is 12.7. The highest BCUT2D eigenvalue weighted by molar-refractivity contribution is 5.71. The molecule has 1 aliphatic carbocycles. The van der Waals surface area contributed by atoms with Crippen LogP contribution in [0.3, 0.4) is 0 Å². The molecular formula is C19H26N2O2. The number of carbonyl (C=O) groups excluding carboxylic acids is 1. The van der Waals surface area contributed by atoms with Crippen molar-refractivity contribution in [1.82, 2.24) is 4.90 Å². The molecule has 1 aromatic carbocycles. The van der Waals surface area contributed by atoms with Crippen LogP contribution in [-0.2, 0) is 4.74 Å². The van der Waals surface area contributed by atoms with Gasteiger partial charge in [0.2, 0.25) is 0 Å². The number of likely N-dealkylation sites (tertiary alicyclic amines) is 1. The van der Waals surface area contributed by atoms with Gasteiger partial charge in [0.15, 0.2) is 0 Å². The third kappa shape index (κ3) is 2.68. The molecule has 1 amide bonds. The average molecular weight is 314 g/mol. The molecule has 0 unspecified atom stereocenters. The number of nitrogens with one attached hydrogen (secondary N) is 1. The number of para-hydroxylation sites is 1. The van der Waals surface area contributed by atoms with E-state index in [-0.39, 0.29) is 12.1 Å². The maximum atomic E-state index is 12.7. The number of carbonyl (C=O) groups is 1. The molecule has 0 aromatic heterocycles. The Kier molecular flexibility index (Phi) is 3.33. The highest BCUT2D eigenvalue weighted by Crippen LogP contribution is 2.52. The van der Waals surface area contributed by atoms with Gasteiger partial charge < -0.3 is 15.0 Å². The van der Waals surface area contributed by atoms with Crippen LogP contribution in [-0.4, -0.2) is 29.2 Å². The predicted octanol–water partition coefficient (Wildman–Crippen LogP) is 4.19. The summed E-state index contributed by atoms with van der Waals surface area (Å²) in [6, 6.07) is 9.11. The molecule has 3 atom stereocenters. The summed E-state index contributed by atoms with van der Waals surface area (Å²) < 4.78 is 5.66. The van der Waals surface area contributed by atoms with Gasteiger partial charge in [-0.2, -0.15) is 0 Å². The number of rotatable bonds is 1. The zero-order valence-electron chi connectivity index (χ0n) is 14.2. The molecule has 0 spiro atoms. The molecule has 1 N–H and O–H groups in total. The topological polar surface area (TPSA) is 41.6 Å². The minimum absolute atomic E-state index is 0.160. The Bertz CT molecular complexity index is 618. The molecule has 124 valence electrons. The number of amides is 1. The van der Waals surface area contributed by atoms with Crippen molar-refractivity contribution in [3.63, 3.8) is 0 Å². The van der Waals surface area contributed by atoms with Crippen LogP contribution in [0.1, 0.15) is 51.6 Å². The second kappa shape index (κ2) is 5.15. The molecule has 4 nitrogen and oxygen atoms in total. The van der Waals surface area contributed by atoms with Crippen LogP contribution in [0.15, 0.2) is 24.3 Å².